The molecule has 0 unspecified atom stereocenters. The highest BCUT2D eigenvalue weighted by Gasteiger charge is 2.29. The fourth-order valence-electron chi connectivity index (χ4n) is 6.03. The van der Waals surface area contributed by atoms with E-state index in [1.54, 1.807) is 7.11 Å². The van der Waals surface area contributed by atoms with E-state index in [0.29, 0.717) is 6.04 Å². The number of hydrogen-bond acceptors (Lipinski definition) is 5. The summed E-state index contributed by atoms with van der Waals surface area (Å²) in [7, 11) is 1.79. The first-order valence-corrected chi connectivity index (χ1v) is 13.8. The fraction of sp³-hybridized carbons (Fsp3) is 0.467. The summed E-state index contributed by atoms with van der Waals surface area (Å²) < 4.78 is 7.45. The molecule has 2 fully saturated rings. The van der Waals surface area contributed by atoms with Crippen LogP contribution in [-0.4, -0.2) is 82.0 Å². The Morgan fingerprint density at radius 2 is 1.70 bits per heavy atom. The molecule has 6 rings (SSSR count). The van der Waals surface area contributed by atoms with E-state index in [0.717, 1.165) is 53.7 Å². The molecule has 37 heavy (non-hydrogen) atoms. The van der Waals surface area contributed by atoms with Gasteiger partial charge in [0.2, 0.25) is 0 Å². The standard InChI is InChI=1S/C30H38N6O/c1-37-20-19-34-14-9-25(10-15-34)35-16-11-26(12-17-35)36-18-13-27(33-36)24-7-8-28-29(22-24)32-30(31-28)21-23-5-3-2-4-6-23/h2-8,13,18,22,25-26H,9-12,14-17,19-21H2,1H3,(H,31,32). The van der Waals surface area contributed by atoms with Crippen LogP contribution in [0.3, 0.4) is 0 Å². The molecule has 4 heterocycles. The first-order chi connectivity index (χ1) is 18.2. The lowest BCUT2D eigenvalue weighted by atomic mass is 9.98. The maximum atomic E-state index is 5.25. The van der Waals surface area contributed by atoms with E-state index in [4.69, 9.17) is 14.8 Å². The molecule has 2 aliphatic rings. The summed E-state index contributed by atoms with van der Waals surface area (Å²) in [5.41, 5.74) is 5.51. The molecule has 2 aromatic carbocycles. The Bertz CT molecular complexity index is 1280. The van der Waals surface area contributed by atoms with Crippen LogP contribution in [0.1, 0.15) is 43.1 Å². The van der Waals surface area contributed by atoms with Crippen LogP contribution >= 0.6 is 0 Å². The van der Waals surface area contributed by atoms with Gasteiger partial charge in [-0.2, -0.15) is 5.10 Å². The maximum Gasteiger partial charge on any atom is 0.111 e. The number of piperidine rings is 2. The number of hydrogen-bond donors (Lipinski definition) is 1. The third-order valence-electron chi connectivity index (χ3n) is 8.21. The Kier molecular flexibility index (Phi) is 7.35. The first-order valence-electron chi connectivity index (χ1n) is 13.8. The molecule has 7 nitrogen and oxygen atoms in total. The summed E-state index contributed by atoms with van der Waals surface area (Å²) in [6, 6.07) is 20.3. The Morgan fingerprint density at radius 3 is 2.49 bits per heavy atom. The molecule has 0 aliphatic carbocycles. The van der Waals surface area contributed by atoms with E-state index >= 15 is 0 Å². The van der Waals surface area contributed by atoms with E-state index < -0.39 is 0 Å². The van der Waals surface area contributed by atoms with Crippen LogP contribution in [0.25, 0.3) is 22.3 Å². The number of nitrogens with one attached hydrogen (secondary N) is 1. The third kappa shape index (κ3) is 5.64. The second-order valence-electron chi connectivity index (χ2n) is 10.6. The highest BCUT2D eigenvalue weighted by atomic mass is 16.5. The van der Waals surface area contributed by atoms with Gasteiger partial charge < -0.3 is 19.5 Å². The van der Waals surface area contributed by atoms with Crippen molar-refractivity contribution in [1.82, 2.24) is 29.5 Å². The van der Waals surface area contributed by atoms with Gasteiger partial charge in [0.25, 0.3) is 0 Å². The smallest absolute Gasteiger partial charge is 0.111 e. The lowest BCUT2D eigenvalue weighted by Gasteiger charge is -2.41. The quantitative estimate of drug-likeness (QED) is 0.379. The van der Waals surface area contributed by atoms with E-state index in [9.17, 15) is 0 Å². The summed E-state index contributed by atoms with van der Waals surface area (Å²) in [4.78, 5) is 13.6. The zero-order chi connectivity index (χ0) is 25.0. The summed E-state index contributed by atoms with van der Waals surface area (Å²) in [5, 5.41) is 5.01. The fourth-order valence-corrected chi connectivity index (χ4v) is 6.03. The molecule has 0 spiro atoms. The second kappa shape index (κ2) is 11.2. The molecular formula is C30H38N6O. The molecule has 0 radical (unpaired) electrons. The van der Waals surface area contributed by atoms with Gasteiger partial charge in [-0.1, -0.05) is 36.4 Å². The van der Waals surface area contributed by atoms with E-state index in [2.05, 4.69) is 74.2 Å². The molecule has 0 bridgehead atoms. The van der Waals surface area contributed by atoms with Gasteiger partial charge in [-0.25, -0.2) is 4.98 Å². The first kappa shape index (κ1) is 24.3. The summed E-state index contributed by atoms with van der Waals surface area (Å²) in [5.74, 6) is 0.997. The second-order valence-corrected chi connectivity index (χ2v) is 10.6. The van der Waals surface area contributed by atoms with Gasteiger partial charge in [0, 0.05) is 51.0 Å². The number of rotatable bonds is 8. The zero-order valence-electron chi connectivity index (χ0n) is 21.9. The maximum absolute atomic E-state index is 5.25. The molecule has 0 atom stereocenters. The number of ether oxygens (including phenoxy) is 1. The number of aromatic amines is 1. The van der Waals surface area contributed by atoms with Crippen LogP contribution in [0.15, 0.2) is 60.8 Å². The largest absolute Gasteiger partial charge is 0.383 e. The summed E-state index contributed by atoms with van der Waals surface area (Å²) in [6.07, 6.45) is 7.89. The topological polar surface area (TPSA) is 62.2 Å². The molecule has 2 aliphatic heterocycles. The van der Waals surface area contributed by atoms with Crippen LogP contribution < -0.4 is 0 Å². The molecule has 4 aromatic rings. The van der Waals surface area contributed by atoms with Gasteiger partial charge in [-0.05, 0) is 62.5 Å². The van der Waals surface area contributed by atoms with Gasteiger partial charge in [-0.3, -0.25) is 4.68 Å². The average molecular weight is 499 g/mol. The van der Waals surface area contributed by atoms with E-state index in [-0.39, 0.29) is 0 Å². The monoisotopic (exact) mass is 498 g/mol. The van der Waals surface area contributed by atoms with Crippen molar-refractivity contribution in [2.45, 2.75) is 44.2 Å². The van der Waals surface area contributed by atoms with Crippen LogP contribution in [0.4, 0.5) is 0 Å². The number of imidazole rings is 1. The SMILES string of the molecule is COCCN1CCC(N2CCC(n3ccc(-c4ccc5nc(Cc6ccccc6)[nH]c5c4)n3)CC2)CC1. The predicted octanol–water partition coefficient (Wildman–Crippen LogP) is 4.76. The van der Waals surface area contributed by atoms with Crippen LogP contribution in [0.2, 0.25) is 0 Å². The lowest BCUT2D eigenvalue weighted by molar-refractivity contribution is 0.0659. The molecule has 194 valence electrons. The average Bonchev–Trinajstić information content (AvgIpc) is 3.60. The number of H-pyrrole nitrogens is 1. The number of methoxy groups -OCH3 is 1. The predicted molar refractivity (Wildman–Crippen MR) is 148 cm³/mol. The molecule has 0 saturated carbocycles. The van der Waals surface area contributed by atoms with Gasteiger partial charge in [0.1, 0.15) is 5.82 Å². The van der Waals surface area contributed by atoms with Gasteiger partial charge in [0.05, 0.1) is 29.4 Å². The van der Waals surface area contributed by atoms with Crippen molar-refractivity contribution in [3.8, 4) is 11.3 Å². The number of aromatic nitrogens is 4. The lowest BCUT2D eigenvalue weighted by Crippen LogP contribution is -2.48. The Morgan fingerprint density at radius 1 is 0.919 bits per heavy atom. The van der Waals surface area contributed by atoms with Gasteiger partial charge in [-0.15, -0.1) is 0 Å². The summed E-state index contributed by atoms with van der Waals surface area (Å²) >= 11 is 0. The summed E-state index contributed by atoms with van der Waals surface area (Å²) in [6.45, 7) is 6.65. The zero-order valence-corrected chi connectivity index (χ0v) is 21.9. The Balaban J connectivity index is 1.06. The van der Waals surface area contributed by atoms with Crippen molar-refractivity contribution in [2.24, 2.45) is 0 Å². The normalized spacial score (nSPS) is 18.6. The van der Waals surface area contributed by atoms with Gasteiger partial charge in [0.15, 0.2) is 0 Å². The minimum atomic E-state index is 0.486. The Hall–Kier alpha value is -3.00. The van der Waals surface area contributed by atoms with Crippen molar-refractivity contribution in [1.29, 1.82) is 0 Å². The van der Waals surface area contributed by atoms with Crippen molar-refractivity contribution < 1.29 is 4.74 Å². The van der Waals surface area contributed by atoms with Crippen LogP contribution in [-0.2, 0) is 11.2 Å². The molecule has 2 aromatic heterocycles. The number of benzene rings is 2. The van der Waals surface area contributed by atoms with E-state index in [1.165, 1.54) is 57.4 Å². The molecule has 2 saturated heterocycles. The van der Waals surface area contributed by atoms with E-state index in [1.807, 2.05) is 6.07 Å². The number of nitrogens with zero attached hydrogens (tertiary/aromatic N) is 5. The van der Waals surface area contributed by atoms with Crippen molar-refractivity contribution in [2.75, 3.05) is 46.4 Å². The third-order valence-corrected chi connectivity index (χ3v) is 8.21. The van der Waals surface area contributed by atoms with Crippen molar-refractivity contribution in [3.05, 3.63) is 72.2 Å². The molecule has 0 amide bonds. The van der Waals surface area contributed by atoms with Crippen molar-refractivity contribution in [3.63, 3.8) is 0 Å². The highest BCUT2D eigenvalue weighted by Crippen LogP contribution is 2.29. The highest BCUT2D eigenvalue weighted by molar-refractivity contribution is 5.81. The molecular weight excluding hydrogens is 460 g/mol. The number of likely N-dealkylation sites (tertiary alicyclic amines) is 2. The van der Waals surface area contributed by atoms with Crippen LogP contribution in [0.5, 0.6) is 0 Å². The Labute approximate surface area is 219 Å². The minimum absolute atomic E-state index is 0.486. The van der Waals surface area contributed by atoms with Crippen molar-refractivity contribution >= 4 is 11.0 Å². The number of fused-ring (bicyclic) bond motifs is 1. The molecule has 1 N–H and O–H groups in total. The minimum Gasteiger partial charge on any atom is -0.383 e. The molecule has 7 heteroatoms. The van der Waals surface area contributed by atoms with Gasteiger partial charge >= 0.3 is 0 Å². The van der Waals surface area contributed by atoms with Crippen LogP contribution in [0, 0.1) is 0 Å².